The summed E-state index contributed by atoms with van der Waals surface area (Å²) in [5.41, 5.74) is 4.87. The van der Waals surface area contributed by atoms with Crippen LogP contribution in [0.15, 0.2) is 77.8 Å². The molecule has 2 atom stereocenters. The Hall–Kier alpha value is -3.44. The zero-order valence-corrected chi connectivity index (χ0v) is 21.9. The molecule has 1 heterocycles. The minimum atomic E-state index is -0.616. The number of nitrogens with zero attached hydrogens (tertiary/aromatic N) is 2. The van der Waals surface area contributed by atoms with E-state index in [0.717, 1.165) is 17.5 Å². The number of anilines is 2. The number of benzene rings is 3. The topological polar surface area (TPSA) is 61.8 Å². The minimum absolute atomic E-state index is 0.00450. The molecule has 0 radical (unpaired) electrons. The van der Waals surface area contributed by atoms with Gasteiger partial charge in [-0.3, -0.25) is 14.6 Å². The molecule has 0 aliphatic carbocycles. The van der Waals surface area contributed by atoms with Gasteiger partial charge >= 0.3 is 0 Å². The summed E-state index contributed by atoms with van der Waals surface area (Å²) >= 11 is 6.40. The zero-order chi connectivity index (χ0) is 25.8. The van der Waals surface area contributed by atoms with Crippen LogP contribution in [0.3, 0.4) is 0 Å². The van der Waals surface area contributed by atoms with Crippen LogP contribution in [0.1, 0.15) is 56.7 Å². The lowest BCUT2D eigenvalue weighted by Crippen LogP contribution is -2.44. The first-order chi connectivity index (χ1) is 17.3. The molecular formula is C30H32ClN3O2. The number of halogens is 1. The SMILES string of the molecule is CC[C@@H](C)[C@@H]1N=C(c2ccccc2)c2cc(Cl)ccc2N(CC(=O)Nc2ccc(C(C)C)cc2)C1=O. The maximum absolute atomic E-state index is 13.9. The smallest absolute Gasteiger partial charge is 0.252 e. The summed E-state index contributed by atoms with van der Waals surface area (Å²) in [5, 5.41) is 3.49. The molecule has 4 rings (SSSR count). The van der Waals surface area contributed by atoms with E-state index in [-0.39, 0.29) is 24.3 Å². The largest absolute Gasteiger partial charge is 0.325 e. The van der Waals surface area contributed by atoms with E-state index in [1.807, 2.05) is 74.5 Å². The third-order valence-corrected chi connectivity index (χ3v) is 6.92. The summed E-state index contributed by atoms with van der Waals surface area (Å²) in [6, 6.07) is 22.4. The van der Waals surface area contributed by atoms with Gasteiger partial charge in [-0.15, -0.1) is 0 Å². The van der Waals surface area contributed by atoms with Crippen molar-refractivity contribution in [3.05, 3.63) is 94.5 Å². The molecule has 3 aromatic carbocycles. The molecule has 6 heteroatoms. The summed E-state index contributed by atoms with van der Waals surface area (Å²) in [4.78, 5) is 33.6. The van der Waals surface area contributed by atoms with Crippen molar-refractivity contribution in [2.24, 2.45) is 10.9 Å². The van der Waals surface area contributed by atoms with Crippen molar-refractivity contribution in [2.75, 3.05) is 16.8 Å². The Morgan fingerprint density at radius 2 is 1.72 bits per heavy atom. The number of nitrogens with one attached hydrogen (secondary N) is 1. The van der Waals surface area contributed by atoms with Crippen LogP contribution >= 0.6 is 11.6 Å². The predicted molar refractivity (Wildman–Crippen MR) is 148 cm³/mol. The third-order valence-electron chi connectivity index (χ3n) is 6.68. The van der Waals surface area contributed by atoms with Gasteiger partial charge in [0.25, 0.3) is 5.91 Å². The normalized spacial score (nSPS) is 16.3. The highest BCUT2D eigenvalue weighted by molar-refractivity contribution is 6.32. The lowest BCUT2D eigenvalue weighted by atomic mass is 9.98. The maximum atomic E-state index is 13.9. The van der Waals surface area contributed by atoms with E-state index in [1.54, 1.807) is 17.0 Å². The number of hydrogen-bond acceptors (Lipinski definition) is 3. The predicted octanol–water partition coefficient (Wildman–Crippen LogP) is 6.70. The van der Waals surface area contributed by atoms with Crippen molar-refractivity contribution in [3.63, 3.8) is 0 Å². The molecule has 0 aromatic heterocycles. The minimum Gasteiger partial charge on any atom is -0.325 e. The second kappa shape index (κ2) is 11.1. The average Bonchev–Trinajstić information content (AvgIpc) is 2.99. The maximum Gasteiger partial charge on any atom is 0.252 e. The van der Waals surface area contributed by atoms with Gasteiger partial charge in [0.15, 0.2) is 0 Å². The quantitative estimate of drug-likeness (QED) is 0.391. The van der Waals surface area contributed by atoms with E-state index in [0.29, 0.717) is 28.0 Å². The van der Waals surface area contributed by atoms with Gasteiger partial charge in [-0.1, -0.05) is 88.2 Å². The monoisotopic (exact) mass is 501 g/mol. The van der Waals surface area contributed by atoms with Gasteiger partial charge < -0.3 is 10.2 Å². The van der Waals surface area contributed by atoms with E-state index in [2.05, 4.69) is 19.2 Å². The van der Waals surface area contributed by atoms with Crippen LogP contribution in [0.2, 0.25) is 5.02 Å². The molecule has 0 unspecified atom stereocenters. The molecular weight excluding hydrogens is 470 g/mol. The Bertz CT molecular complexity index is 1270. The fraction of sp³-hybridized carbons (Fsp3) is 0.300. The highest BCUT2D eigenvalue weighted by Gasteiger charge is 2.35. The van der Waals surface area contributed by atoms with Crippen molar-refractivity contribution >= 4 is 40.5 Å². The summed E-state index contributed by atoms with van der Waals surface area (Å²) in [5.74, 6) is -0.0593. The molecule has 36 heavy (non-hydrogen) atoms. The van der Waals surface area contributed by atoms with Gasteiger partial charge in [0.05, 0.1) is 11.4 Å². The summed E-state index contributed by atoms with van der Waals surface area (Å²) in [6.45, 7) is 8.20. The number of carbonyl (C=O) groups is 2. The molecule has 1 N–H and O–H groups in total. The lowest BCUT2D eigenvalue weighted by molar-refractivity contribution is -0.123. The van der Waals surface area contributed by atoms with Gasteiger partial charge in [0, 0.05) is 21.8 Å². The van der Waals surface area contributed by atoms with E-state index >= 15 is 0 Å². The Balaban J connectivity index is 1.72. The Kier molecular flexibility index (Phi) is 7.90. The summed E-state index contributed by atoms with van der Waals surface area (Å²) in [7, 11) is 0. The van der Waals surface area contributed by atoms with E-state index in [4.69, 9.17) is 16.6 Å². The molecule has 0 spiro atoms. The van der Waals surface area contributed by atoms with E-state index < -0.39 is 6.04 Å². The molecule has 3 aromatic rings. The number of rotatable bonds is 7. The van der Waals surface area contributed by atoms with Crippen LogP contribution in [-0.2, 0) is 9.59 Å². The van der Waals surface area contributed by atoms with Crippen LogP contribution in [0.4, 0.5) is 11.4 Å². The average molecular weight is 502 g/mol. The molecule has 0 saturated heterocycles. The number of benzodiazepines with no additional fused rings is 1. The lowest BCUT2D eigenvalue weighted by Gasteiger charge is -2.26. The summed E-state index contributed by atoms with van der Waals surface area (Å²) < 4.78 is 0. The number of hydrogen-bond donors (Lipinski definition) is 1. The van der Waals surface area contributed by atoms with Crippen LogP contribution in [-0.4, -0.2) is 30.1 Å². The second-order valence-corrected chi connectivity index (χ2v) is 10.0. The number of carbonyl (C=O) groups excluding carboxylic acids is 2. The Morgan fingerprint density at radius 3 is 2.36 bits per heavy atom. The van der Waals surface area contributed by atoms with Crippen LogP contribution in [0.5, 0.6) is 0 Å². The van der Waals surface area contributed by atoms with Gasteiger partial charge in [-0.2, -0.15) is 0 Å². The van der Waals surface area contributed by atoms with Gasteiger partial charge in [-0.25, -0.2) is 0 Å². The van der Waals surface area contributed by atoms with Crippen molar-refractivity contribution in [1.29, 1.82) is 0 Å². The highest BCUT2D eigenvalue weighted by Crippen LogP contribution is 2.33. The zero-order valence-electron chi connectivity index (χ0n) is 21.2. The molecule has 0 saturated carbocycles. The second-order valence-electron chi connectivity index (χ2n) is 9.58. The van der Waals surface area contributed by atoms with Gasteiger partial charge in [-0.05, 0) is 47.7 Å². The third kappa shape index (κ3) is 5.52. The molecule has 1 aliphatic rings. The fourth-order valence-electron chi connectivity index (χ4n) is 4.35. The van der Waals surface area contributed by atoms with Crippen molar-refractivity contribution in [1.82, 2.24) is 0 Å². The molecule has 5 nitrogen and oxygen atoms in total. The fourth-order valence-corrected chi connectivity index (χ4v) is 4.53. The van der Waals surface area contributed by atoms with Crippen molar-refractivity contribution in [2.45, 2.75) is 46.1 Å². The van der Waals surface area contributed by atoms with Gasteiger partial charge in [0.2, 0.25) is 5.91 Å². The van der Waals surface area contributed by atoms with Crippen molar-refractivity contribution < 1.29 is 9.59 Å². The number of fused-ring (bicyclic) bond motifs is 1. The highest BCUT2D eigenvalue weighted by atomic mass is 35.5. The first-order valence-corrected chi connectivity index (χ1v) is 12.8. The first kappa shape index (κ1) is 25.6. The molecule has 0 bridgehead atoms. The molecule has 0 fully saturated rings. The number of aliphatic imine (C=N–C) groups is 1. The molecule has 2 amide bonds. The summed E-state index contributed by atoms with van der Waals surface area (Å²) in [6.07, 6.45) is 0.779. The standard InChI is InChI=1S/C30H32ClN3O2/c1-5-20(4)28-30(36)34(18-27(35)32-24-14-11-21(12-15-24)19(2)3)26-16-13-23(31)17-25(26)29(33-28)22-9-7-6-8-10-22/h6-17,19-20,28H,5,18H2,1-4H3,(H,32,35)/t20-,28+/m1/s1. The number of amides is 2. The van der Waals surface area contributed by atoms with Crippen molar-refractivity contribution in [3.8, 4) is 0 Å². The van der Waals surface area contributed by atoms with E-state index in [9.17, 15) is 9.59 Å². The van der Waals surface area contributed by atoms with Gasteiger partial charge in [0.1, 0.15) is 12.6 Å². The molecule has 186 valence electrons. The molecule has 1 aliphatic heterocycles. The Morgan fingerprint density at radius 1 is 1.03 bits per heavy atom. The Labute approximate surface area is 218 Å². The van der Waals surface area contributed by atoms with E-state index in [1.165, 1.54) is 5.56 Å². The van der Waals surface area contributed by atoms with Crippen LogP contribution in [0.25, 0.3) is 0 Å². The van der Waals surface area contributed by atoms with Crippen LogP contribution < -0.4 is 10.2 Å². The van der Waals surface area contributed by atoms with Crippen LogP contribution in [0, 0.1) is 5.92 Å². The first-order valence-electron chi connectivity index (χ1n) is 12.4.